The van der Waals surface area contributed by atoms with Crippen LogP contribution in [0.4, 0.5) is 5.82 Å². The Balaban J connectivity index is 1.96. The van der Waals surface area contributed by atoms with Crippen LogP contribution in [0, 0.1) is 0 Å². The summed E-state index contributed by atoms with van der Waals surface area (Å²) >= 11 is 0. The van der Waals surface area contributed by atoms with Crippen molar-refractivity contribution in [3.63, 3.8) is 0 Å². The number of carbonyl (C=O) groups is 1. The van der Waals surface area contributed by atoms with E-state index < -0.39 is 0 Å². The molecule has 0 unspecified atom stereocenters. The SMILES string of the molecule is CCCn1nccc1NC(=O)/C=C/c1ccco1. The molecule has 2 heterocycles. The van der Waals surface area contributed by atoms with Gasteiger partial charge in [-0.25, -0.2) is 4.68 Å². The Hall–Kier alpha value is -2.30. The number of rotatable bonds is 5. The molecule has 1 amide bonds. The van der Waals surface area contributed by atoms with Crippen molar-refractivity contribution in [2.45, 2.75) is 19.9 Å². The van der Waals surface area contributed by atoms with Crippen LogP contribution in [0.3, 0.4) is 0 Å². The first-order valence-electron chi connectivity index (χ1n) is 5.84. The minimum atomic E-state index is -0.204. The topological polar surface area (TPSA) is 60.1 Å². The lowest BCUT2D eigenvalue weighted by Gasteiger charge is -2.05. The van der Waals surface area contributed by atoms with Gasteiger partial charge < -0.3 is 9.73 Å². The van der Waals surface area contributed by atoms with E-state index in [9.17, 15) is 4.79 Å². The van der Waals surface area contributed by atoms with Crippen LogP contribution < -0.4 is 5.32 Å². The summed E-state index contributed by atoms with van der Waals surface area (Å²) in [5.74, 6) is 1.14. The number of anilines is 1. The highest BCUT2D eigenvalue weighted by Gasteiger charge is 2.03. The standard InChI is InChI=1S/C13H15N3O2/c1-2-9-16-12(7-8-14-16)15-13(17)6-5-11-4-3-10-18-11/h3-8,10H,2,9H2,1H3,(H,15,17)/b6-5+. The predicted molar refractivity (Wildman–Crippen MR) is 68.9 cm³/mol. The second-order valence-corrected chi connectivity index (χ2v) is 3.78. The quantitative estimate of drug-likeness (QED) is 0.823. The molecule has 0 bridgehead atoms. The van der Waals surface area contributed by atoms with Gasteiger partial charge in [0.2, 0.25) is 5.91 Å². The van der Waals surface area contributed by atoms with Crippen molar-refractivity contribution in [3.8, 4) is 0 Å². The lowest BCUT2D eigenvalue weighted by Crippen LogP contribution is -2.13. The Morgan fingerprint density at radius 2 is 2.44 bits per heavy atom. The second kappa shape index (κ2) is 5.86. The molecule has 2 aromatic heterocycles. The van der Waals surface area contributed by atoms with Gasteiger partial charge in [0.1, 0.15) is 11.6 Å². The summed E-state index contributed by atoms with van der Waals surface area (Å²) in [6, 6.07) is 5.33. The first kappa shape index (κ1) is 12.2. The van der Waals surface area contributed by atoms with Crippen molar-refractivity contribution in [2.75, 3.05) is 5.32 Å². The van der Waals surface area contributed by atoms with Gasteiger partial charge in [-0.15, -0.1) is 0 Å². The van der Waals surface area contributed by atoms with Crippen molar-refractivity contribution in [3.05, 3.63) is 42.5 Å². The number of aryl methyl sites for hydroxylation is 1. The van der Waals surface area contributed by atoms with Crippen LogP contribution in [0.15, 0.2) is 41.2 Å². The number of hydrogen-bond donors (Lipinski definition) is 1. The van der Waals surface area contributed by atoms with E-state index in [0.717, 1.165) is 13.0 Å². The van der Waals surface area contributed by atoms with Crippen LogP contribution in [0.25, 0.3) is 6.08 Å². The number of nitrogens with zero attached hydrogens (tertiary/aromatic N) is 2. The Kier molecular flexibility index (Phi) is 3.96. The number of hydrogen-bond acceptors (Lipinski definition) is 3. The van der Waals surface area contributed by atoms with Crippen molar-refractivity contribution in [2.24, 2.45) is 0 Å². The summed E-state index contributed by atoms with van der Waals surface area (Å²) in [7, 11) is 0. The average molecular weight is 245 g/mol. The molecule has 0 spiro atoms. The molecule has 5 nitrogen and oxygen atoms in total. The molecule has 5 heteroatoms. The number of aromatic nitrogens is 2. The molecule has 0 aliphatic carbocycles. The zero-order chi connectivity index (χ0) is 12.8. The molecular weight excluding hydrogens is 230 g/mol. The largest absolute Gasteiger partial charge is 0.465 e. The highest BCUT2D eigenvalue weighted by Crippen LogP contribution is 2.07. The van der Waals surface area contributed by atoms with E-state index in [4.69, 9.17) is 4.42 Å². The smallest absolute Gasteiger partial charge is 0.249 e. The highest BCUT2D eigenvalue weighted by molar-refractivity contribution is 6.01. The van der Waals surface area contributed by atoms with E-state index in [2.05, 4.69) is 17.3 Å². The van der Waals surface area contributed by atoms with E-state index in [-0.39, 0.29) is 5.91 Å². The van der Waals surface area contributed by atoms with Gasteiger partial charge in [-0.2, -0.15) is 5.10 Å². The maximum Gasteiger partial charge on any atom is 0.249 e. The van der Waals surface area contributed by atoms with Gasteiger partial charge in [-0.1, -0.05) is 6.92 Å². The van der Waals surface area contributed by atoms with Crippen molar-refractivity contribution < 1.29 is 9.21 Å². The van der Waals surface area contributed by atoms with Crippen LogP contribution in [-0.2, 0) is 11.3 Å². The third-order valence-corrected chi connectivity index (χ3v) is 2.35. The minimum absolute atomic E-state index is 0.204. The molecule has 0 atom stereocenters. The van der Waals surface area contributed by atoms with Crippen LogP contribution in [0.1, 0.15) is 19.1 Å². The van der Waals surface area contributed by atoms with E-state index in [1.54, 1.807) is 41.4 Å². The van der Waals surface area contributed by atoms with E-state index in [1.807, 2.05) is 0 Å². The molecule has 0 aromatic carbocycles. The molecular formula is C13H15N3O2. The normalized spacial score (nSPS) is 10.9. The fourth-order valence-electron chi connectivity index (χ4n) is 1.54. The predicted octanol–water partition coefficient (Wildman–Crippen LogP) is 2.54. The van der Waals surface area contributed by atoms with Gasteiger partial charge in [0.25, 0.3) is 0 Å². The lowest BCUT2D eigenvalue weighted by atomic mass is 10.4. The number of furan rings is 1. The molecule has 0 saturated heterocycles. The van der Waals surface area contributed by atoms with Gasteiger partial charge in [0, 0.05) is 18.7 Å². The molecule has 18 heavy (non-hydrogen) atoms. The molecule has 0 radical (unpaired) electrons. The van der Waals surface area contributed by atoms with Gasteiger partial charge in [0.05, 0.1) is 12.5 Å². The van der Waals surface area contributed by atoms with Gasteiger partial charge in [0.15, 0.2) is 0 Å². The maximum atomic E-state index is 11.7. The first-order valence-corrected chi connectivity index (χ1v) is 5.84. The molecule has 0 aliphatic rings. The summed E-state index contributed by atoms with van der Waals surface area (Å²) < 4.78 is 6.86. The molecule has 1 N–H and O–H groups in total. The van der Waals surface area contributed by atoms with Crippen molar-refractivity contribution in [1.82, 2.24) is 9.78 Å². The Labute approximate surface area is 105 Å². The van der Waals surface area contributed by atoms with Gasteiger partial charge >= 0.3 is 0 Å². The highest BCUT2D eigenvalue weighted by atomic mass is 16.3. The summed E-state index contributed by atoms with van der Waals surface area (Å²) in [6.07, 6.45) is 7.25. The number of amides is 1. The molecule has 0 fully saturated rings. The average Bonchev–Trinajstić information content (AvgIpc) is 2.99. The van der Waals surface area contributed by atoms with E-state index in [1.165, 1.54) is 6.08 Å². The Morgan fingerprint density at radius 1 is 1.56 bits per heavy atom. The Morgan fingerprint density at radius 3 is 3.17 bits per heavy atom. The number of nitrogens with one attached hydrogen (secondary N) is 1. The molecule has 2 rings (SSSR count). The lowest BCUT2D eigenvalue weighted by molar-refractivity contribution is -0.111. The van der Waals surface area contributed by atoms with Crippen LogP contribution in [-0.4, -0.2) is 15.7 Å². The summed E-state index contributed by atoms with van der Waals surface area (Å²) in [5, 5.41) is 6.90. The zero-order valence-corrected chi connectivity index (χ0v) is 10.2. The third kappa shape index (κ3) is 3.10. The fraction of sp³-hybridized carbons (Fsp3) is 0.231. The second-order valence-electron chi connectivity index (χ2n) is 3.78. The monoisotopic (exact) mass is 245 g/mol. The van der Waals surface area contributed by atoms with Crippen LogP contribution in [0.2, 0.25) is 0 Å². The van der Waals surface area contributed by atoms with Crippen LogP contribution in [0.5, 0.6) is 0 Å². The fourth-order valence-corrected chi connectivity index (χ4v) is 1.54. The Bertz CT molecular complexity index is 526. The minimum Gasteiger partial charge on any atom is -0.465 e. The molecule has 0 saturated carbocycles. The molecule has 0 aliphatic heterocycles. The van der Waals surface area contributed by atoms with Crippen molar-refractivity contribution in [1.29, 1.82) is 0 Å². The first-order chi connectivity index (χ1) is 8.79. The molecule has 2 aromatic rings. The number of carbonyl (C=O) groups excluding carboxylic acids is 1. The van der Waals surface area contributed by atoms with E-state index in [0.29, 0.717) is 11.6 Å². The molecule has 94 valence electrons. The van der Waals surface area contributed by atoms with Crippen LogP contribution >= 0.6 is 0 Å². The van der Waals surface area contributed by atoms with Gasteiger partial charge in [-0.05, 0) is 24.6 Å². The summed E-state index contributed by atoms with van der Waals surface area (Å²) in [4.78, 5) is 11.7. The third-order valence-electron chi connectivity index (χ3n) is 2.35. The van der Waals surface area contributed by atoms with Crippen molar-refractivity contribution >= 4 is 17.8 Å². The summed E-state index contributed by atoms with van der Waals surface area (Å²) in [6.45, 7) is 2.84. The van der Waals surface area contributed by atoms with E-state index >= 15 is 0 Å². The zero-order valence-electron chi connectivity index (χ0n) is 10.2. The maximum absolute atomic E-state index is 11.7. The van der Waals surface area contributed by atoms with Gasteiger partial charge in [-0.3, -0.25) is 4.79 Å². The summed E-state index contributed by atoms with van der Waals surface area (Å²) in [5.41, 5.74) is 0.